The number of rotatable bonds is 0. The molecule has 2 bridgehead atoms. The number of hydrogen-bond donors (Lipinski definition) is 0. The van der Waals surface area contributed by atoms with Crippen LogP contribution in [-0.2, 0) is 0 Å². The second-order valence-electron chi connectivity index (χ2n) is 5.87. The molecule has 0 N–H and O–H groups in total. The van der Waals surface area contributed by atoms with Gasteiger partial charge in [0, 0.05) is 0 Å². The van der Waals surface area contributed by atoms with Crippen molar-refractivity contribution in [1.82, 2.24) is 0 Å². The smallest absolute Gasteiger partial charge is 0.0264 e. The van der Waals surface area contributed by atoms with Gasteiger partial charge in [0.05, 0.1) is 0 Å². The maximum absolute atomic E-state index is 2.55. The van der Waals surface area contributed by atoms with Gasteiger partial charge in [-0.2, -0.15) is 0 Å². The Labute approximate surface area is 69.4 Å². The zero-order valence-corrected chi connectivity index (χ0v) is 7.69. The summed E-state index contributed by atoms with van der Waals surface area (Å²) in [5.74, 6) is 2.25. The minimum absolute atomic E-state index is 0.770. The summed E-state index contributed by atoms with van der Waals surface area (Å²) in [5, 5.41) is 0. The van der Waals surface area contributed by atoms with Crippen molar-refractivity contribution in [3.05, 3.63) is 0 Å². The summed E-state index contributed by atoms with van der Waals surface area (Å²) >= 11 is 0. The van der Waals surface area contributed by atoms with Crippen LogP contribution >= 0.6 is 0 Å². The Morgan fingerprint density at radius 1 is 1.18 bits per heavy atom. The molecule has 4 unspecified atom stereocenters. The Morgan fingerprint density at radius 3 is 2.73 bits per heavy atom. The lowest BCUT2D eigenvalue weighted by Gasteiger charge is -2.53. The zero-order chi connectivity index (χ0) is 7.69. The lowest BCUT2D eigenvalue weighted by Crippen LogP contribution is -2.44. The van der Waals surface area contributed by atoms with Crippen molar-refractivity contribution < 1.29 is 0 Å². The third kappa shape index (κ3) is 0.588. The van der Waals surface area contributed by atoms with Crippen LogP contribution in [-0.4, -0.2) is 0 Å². The Kier molecular flexibility index (Phi) is 0.906. The van der Waals surface area contributed by atoms with Crippen molar-refractivity contribution in [3.63, 3.8) is 0 Å². The lowest BCUT2D eigenvalue weighted by molar-refractivity contribution is -0.0326. The molecule has 0 nitrogen and oxygen atoms in total. The van der Waals surface area contributed by atoms with E-state index in [2.05, 4.69) is 13.8 Å². The first-order valence-electron chi connectivity index (χ1n) is 5.12. The molecule has 0 aromatic rings. The van der Waals surface area contributed by atoms with Crippen LogP contribution in [0.2, 0.25) is 0 Å². The summed E-state index contributed by atoms with van der Waals surface area (Å²) in [5.41, 5.74) is 1.58. The highest BCUT2D eigenvalue weighted by Gasteiger charge is 2.62. The van der Waals surface area contributed by atoms with Gasteiger partial charge in [0.2, 0.25) is 0 Å². The topological polar surface area (TPSA) is 0 Å². The van der Waals surface area contributed by atoms with Crippen LogP contribution < -0.4 is 0 Å². The van der Waals surface area contributed by atoms with E-state index in [-0.39, 0.29) is 0 Å². The van der Waals surface area contributed by atoms with Gasteiger partial charge in [0.15, 0.2) is 0 Å². The highest BCUT2D eigenvalue weighted by atomic mass is 14.7. The first-order valence-corrected chi connectivity index (χ1v) is 5.12. The molecule has 0 heteroatoms. The number of hydrogen-bond acceptors (Lipinski definition) is 0. The van der Waals surface area contributed by atoms with Crippen LogP contribution in [0.5, 0.6) is 0 Å². The molecule has 0 aromatic heterocycles. The molecule has 4 atom stereocenters. The van der Waals surface area contributed by atoms with E-state index < -0.39 is 0 Å². The minimum atomic E-state index is 0.770. The van der Waals surface area contributed by atoms with Gasteiger partial charge in [-0.15, -0.1) is 0 Å². The molecule has 0 amide bonds. The van der Waals surface area contributed by atoms with Crippen LogP contribution in [0.3, 0.4) is 0 Å². The molecule has 3 aliphatic carbocycles. The fraction of sp³-hybridized carbons (Fsp3) is 1.00. The van der Waals surface area contributed by atoms with Crippen molar-refractivity contribution >= 4 is 0 Å². The summed E-state index contributed by atoms with van der Waals surface area (Å²) < 4.78 is 0. The van der Waals surface area contributed by atoms with Crippen LogP contribution in [0.15, 0.2) is 0 Å². The fourth-order valence-corrected chi connectivity index (χ4v) is 4.41. The average Bonchev–Trinajstić information content (AvgIpc) is 2.08. The van der Waals surface area contributed by atoms with E-state index in [0.717, 1.165) is 22.7 Å². The quantitative estimate of drug-likeness (QED) is 0.497. The summed E-state index contributed by atoms with van der Waals surface area (Å²) in [4.78, 5) is 0. The third-order valence-corrected chi connectivity index (χ3v) is 5.08. The predicted octanol–water partition coefficient (Wildman–Crippen LogP) is 3.22. The van der Waals surface area contributed by atoms with E-state index in [1.165, 1.54) is 6.42 Å². The highest BCUT2D eigenvalue weighted by Crippen LogP contribution is 2.72. The van der Waals surface area contributed by atoms with Gasteiger partial charge in [-0.25, -0.2) is 0 Å². The first-order chi connectivity index (χ1) is 5.12. The third-order valence-electron chi connectivity index (χ3n) is 5.08. The van der Waals surface area contributed by atoms with Crippen molar-refractivity contribution in [2.45, 2.75) is 46.0 Å². The molecule has 0 aromatic carbocycles. The van der Waals surface area contributed by atoms with E-state index >= 15 is 0 Å². The SMILES string of the molecule is CC12CCC3CC(C1)C3(C)C2. The Hall–Kier alpha value is 0. The van der Waals surface area contributed by atoms with Gasteiger partial charge in [-0.05, 0) is 54.8 Å². The molecular weight excluding hydrogens is 132 g/mol. The van der Waals surface area contributed by atoms with Crippen LogP contribution in [0.1, 0.15) is 46.0 Å². The molecule has 62 valence electrons. The highest BCUT2D eigenvalue weighted by molar-refractivity contribution is 5.12. The van der Waals surface area contributed by atoms with Gasteiger partial charge in [-0.3, -0.25) is 0 Å². The maximum Gasteiger partial charge on any atom is -0.0264 e. The molecule has 0 saturated heterocycles. The second-order valence-corrected chi connectivity index (χ2v) is 5.87. The van der Waals surface area contributed by atoms with Gasteiger partial charge in [-0.1, -0.05) is 13.8 Å². The molecule has 0 spiro atoms. The molecular formula is C11H18. The Morgan fingerprint density at radius 2 is 2.00 bits per heavy atom. The normalized spacial score (nSPS) is 66.0. The summed E-state index contributed by atoms with van der Waals surface area (Å²) in [7, 11) is 0. The first kappa shape index (κ1) is 6.51. The molecule has 3 aliphatic rings. The molecule has 3 saturated carbocycles. The predicted molar refractivity (Wildman–Crippen MR) is 46.3 cm³/mol. The molecule has 11 heavy (non-hydrogen) atoms. The van der Waals surface area contributed by atoms with Crippen LogP contribution in [0.25, 0.3) is 0 Å². The van der Waals surface area contributed by atoms with Crippen LogP contribution in [0.4, 0.5) is 0 Å². The number of fused-ring (bicyclic) bond motifs is 1. The average molecular weight is 150 g/mol. The zero-order valence-electron chi connectivity index (χ0n) is 7.69. The van der Waals surface area contributed by atoms with Crippen molar-refractivity contribution in [2.75, 3.05) is 0 Å². The lowest BCUT2D eigenvalue weighted by atomic mass is 9.52. The van der Waals surface area contributed by atoms with Crippen LogP contribution in [0, 0.1) is 22.7 Å². The summed E-state index contributed by atoms with van der Waals surface area (Å²) in [6.45, 7) is 5.07. The standard InChI is InChI=1S/C11H18/c1-10-4-3-8-5-9(6-10)11(8,2)7-10/h8-9H,3-7H2,1-2H3. The largest absolute Gasteiger partial charge is 0.0596 e. The molecule has 0 aliphatic heterocycles. The van der Waals surface area contributed by atoms with E-state index in [4.69, 9.17) is 0 Å². The molecule has 0 radical (unpaired) electrons. The van der Waals surface area contributed by atoms with E-state index in [1.807, 2.05) is 0 Å². The van der Waals surface area contributed by atoms with E-state index in [9.17, 15) is 0 Å². The second kappa shape index (κ2) is 1.53. The molecule has 3 fully saturated rings. The molecule has 3 rings (SSSR count). The summed E-state index contributed by atoms with van der Waals surface area (Å²) in [6, 6.07) is 0. The van der Waals surface area contributed by atoms with Crippen molar-refractivity contribution in [3.8, 4) is 0 Å². The Balaban J connectivity index is 2.02. The van der Waals surface area contributed by atoms with Gasteiger partial charge in [0.1, 0.15) is 0 Å². The van der Waals surface area contributed by atoms with E-state index in [1.54, 1.807) is 25.7 Å². The monoisotopic (exact) mass is 150 g/mol. The summed E-state index contributed by atoms with van der Waals surface area (Å²) in [6.07, 6.45) is 7.76. The molecule has 0 heterocycles. The van der Waals surface area contributed by atoms with Gasteiger partial charge < -0.3 is 0 Å². The van der Waals surface area contributed by atoms with E-state index in [0.29, 0.717) is 0 Å². The van der Waals surface area contributed by atoms with Gasteiger partial charge in [0.25, 0.3) is 0 Å². The van der Waals surface area contributed by atoms with Crippen molar-refractivity contribution in [1.29, 1.82) is 0 Å². The Bertz CT molecular complexity index is 208. The maximum atomic E-state index is 2.55. The van der Waals surface area contributed by atoms with Gasteiger partial charge >= 0.3 is 0 Å². The van der Waals surface area contributed by atoms with Crippen molar-refractivity contribution in [2.24, 2.45) is 22.7 Å². The minimum Gasteiger partial charge on any atom is -0.0596 e. The fourth-order valence-electron chi connectivity index (χ4n) is 4.41.